The van der Waals surface area contributed by atoms with Crippen LogP contribution in [0.25, 0.3) is 10.8 Å². The number of carbonyl (C=O) groups is 2. The average Bonchev–Trinajstić information content (AvgIpc) is 2.67. The zero-order valence-corrected chi connectivity index (χ0v) is 15.1. The van der Waals surface area contributed by atoms with Gasteiger partial charge in [0.05, 0.1) is 0 Å². The molecule has 6 heteroatoms. The molecule has 1 amide bonds. The molecule has 0 aliphatic rings. The highest BCUT2D eigenvalue weighted by Gasteiger charge is 2.16. The minimum absolute atomic E-state index is 0.0248. The average molecular weight is 364 g/mol. The van der Waals surface area contributed by atoms with Gasteiger partial charge in [0, 0.05) is 30.9 Å². The predicted octanol–water partition coefficient (Wildman–Crippen LogP) is 3.41. The number of rotatable bonds is 5. The molecule has 0 bridgehead atoms. The van der Waals surface area contributed by atoms with Crippen molar-refractivity contribution in [2.75, 3.05) is 30.9 Å². The number of esters is 1. The van der Waals surface area contributed by atoms with E-state index < -0.39 is 18.5 Å². The van der Waals surface area contributed by atoms with Gasteiger partial charge >= 0.3 is 5.97 Å². The Morgan fingerprint density at radius 1 is 1.00 bits per heavy atom. The largest absolute Gasteiger partial charge is 0.506 e. The van der Waals surface area contributed by atoms with Gasteiger partial charge in [-0.25, -0.2) is 4.79 Å². The molecule has 3 rings (SSSR count). The van der Waals surface area contributed by atoms with Crippen LogP contribution >= 0.6 is 0 Å². The van der Waals surface area contributed by atoms with E-state index in [1.54, 1.807) is 30.3 Å². The first kappa shape index (κ1) is 18.3. The number of nitrogens with zero attached hydrogens (tertiary/aromatic N) is 1. The molecule has 0 aliphatic carbocycles. The zero-order chi connectivity index (χ0) is 19.4. The molecule has 3 aromatic carbocycles. The molecule has 2 N–H and O–H groups in total. The van der Waals surface area contributed by atoms with Crippen molar-refractivity contribution in [3.05, 3.63) is 66.2 Å². The number of phenolic OH excluding ortho intramolecular Hbond substituents is 1. The van der Waals surface area contributed by atoms with Gasteiger partial charge in [-0.05, 0) is 35.7 Å². The normalized spacial score (nSPS) is 10.4. The Bertz CT molecular complexity index is 981. The van der Waals surface area contributed by atoms with Crippen LogP contribution in [0.5, 0.6) is 5.75 Å². The first-order valence-corrected chi connectivity index (χ1v) is 8.41. The van der Waals surface area contributed by atoms with Crippen LogP contribution in [-0.4, -0.2) is 37.7 Å². The van der Waals surface area contributed by atoms with E-state index in [0.29, 0.717) is 11.1 Å². The van der Waals surface area contributed by atoms with E-state index in [1.165, 1.54) is 6.07 Å². The molecule has 0 spiro atoms. The van der Waals surface area contributed by atoms with Crippen LogP contribution in [0, 0.1) is 0 Å². The number of benzene rings is 3. The number of nitrogens with one attached hydrogen (secondary N) is 1. The zero-order valence-electron chi connectivity index (χ0n) is 15.1. The number of hydrogen-bond donors (Lipinski definition) is 2. The Hall–Kier alpha value is -3.54. The van der Waals surface area contributed by atoms with Gasteiger partial charge in [0.25, 0.3) is 5.91 Å². The van der Waals surface area contributed by atoms with Crippen molar-refractivity contribution in [2.24, 2.45) is 0 Å². The maximum atomic E-state index is 12.2. The summed E-state index contributed by atoms with van der Waals surface area (Å²) >= 11 is 0. The highest BCUT2D eigenvalue weighted by Crippen LogP contribution is 2.29. The molecule has 0 saturated carbocycles. The Kier molecular flexibility index (Phi) is 5.26. The number of ether oxygens (including phenoxy) is 1. The molecule has 138 valence electrons. The summed E-state index contributed by atoms with van der Waals surface area (Å²) in [5, 5.41) is 14.3. The van der Waals surface area contributed by atoms with Crippen LogP contribution in [0.4, 0.5) is 11.4 Å². The Balaban J connectivity index is 1.62. The van der Waals surface area contributed by atoms with Crippen molar-refractivity contribution in [1.82, 2.24) is 0 Å². The SMILES string of the molecule is CN(C)c1ccc(NC(=O)COC(=O)c2ccc3ccccc3c2O)cc1. The van der Waals surface area contributed by atoms with E-state index in [1.807, 2.05) is 43.3 Å². The van der Waals surface area contributed by atoms with Crippen molar-refractivity contribution in [1.29, 1.82) is 0 Å². The van der Waals surface area contributed by atoms with Crippen LogP contribution in [-0.2, 0) is 9.53 Å². The maximum absolute atomic E-state index is 12.2. The Morgan fingerprint density at radius 2 is 1.70 bits per heavy atom. The number of fused-ring (bicyclic) bond motifs is 1. The van der Waals surface area contributed by atoms with Crippen LogP contribution < -0.4 is 10.2 Å². The quantitative estimate of drug-likeness (QED) is 0.679. The lowest BCUT2D eigenvalue weighted by molar-refractivity contribution is -0.119. The summed E-state index contributed by atoms with van der Waals surface area (Å²) in [6, 6.07) is 17.6. The van der Waals surface area contributed by atoms with Crippen LogP contribution in [0.15, 0.2) is 60.7 Å². The van der Waals surface area contributed by atoms with Gasteiger partial charge in [-0.2, -0.15) is 0 Å². The second-order valence-electron chi connectivity index (χ2n) is 6.25. The summed E-state index contributed by atoms with van der Waals surface area (Å²) in [5.74, 6) is -1.37. The van der Waals surface area contributed by atoms with Gasteiger partial charge < -0.3 is 20.1 Å². The van der Waals surface area contributed by atoms with Crippen molar-refractivity contribution >= 4 is 34.0 Å². The molecule has 0 aromatic heterocycles. The molecule has 0 heterocycles. The fourth-order valence-electron chi connectivity index (χ4n) is 2.67. The number of phenols is 1. The lowest BCUT2D eigenvalue weighted by Gasteiger charge is -2.13. The second kappa shape index (κ2) is 7.78. The predicted molar refractivity (Wildman–Crippen MR) is 105 cm³/mol. The summed E-state index contributed by atoms with van der Waals surface area (Å²) in [6.07, 6.45) is 0. The van der Waals surface area contributed by atoms with E-state index >= 15 is 0 Å². The van der Waals surface area contributed by atoms with Crippen molar-refractivity contribution in [3.8, 4) is 5.75 Å². The fraction of sp³-hybridized carbons (Fsp3) is 0.143. The third kappa shape index (κ3) is 4.17. The molecule has 0 unspecified atom stereocenters. The molecule has 6 nitrogen and oxygen atoms in total. The van der Waals surface area contributed by atoms with Crippen molar-refractivity contribution in [3.63, 3.8) is 0 Å². The summed E-state index contributed by atoms with van der Waals surface area (Å²) < 4.78 is 5.03. The molecule has 27 heavy (non-hydrogen) atoms. The van der Waals surface area contributed by atoms with E-state index in [0.717, 1.165) is 11.1 Å². The van der Waals surface area contributed by atoms with Crippen molar-refractivity contribution in [2.45, 2.75) is 0 Å². The Labute approximate surface area is 157 Å². The van der Waals surface area contributed by atoms with E-state index in [2.05, 4.69) is 5.32 Å². The fourth-order valence-corrected chi connectivity index (χ4v) is 2.67. The number of anilines is 2. The molecule has 3 aromatic rings. The van der Waals surface area contributed by atoms with Crippen molar-refractivity contribution < 1.29 is 19.4 Å². The van der Waals surface area contributed by atoms with E-state index in [9.17, 15) is 14.7 Å². The second-order valence-corrected chi connectivity index (χ2v) is 6.25. The van der Waals surface area contributed by atoms with Gasteiger partial charge in [-0.3, -0.25) is 4.79 Å². The minimum atomic E-state index is -0.753. The molecule has 0 saturated heterocycles. The van der Waals surface area contributed by atoms with Gasteiger partial charge in [0.2, 0.25) is 0 Å². The number of hydrogen-bond acceptors (Lipinski definition) is 5. The minimum Gasteiger partial charge on any atom is -0.506 e. The third-order valence-electron chi connectivity index (χ3n) is 4.12. The standard InChI is InChI=1S/C21H20N2O4/c1-23(2)16-10-8-15(9-11-16)22-19(24)13-27-21(26)18-12-7-14-5-3-4-6-17(14)20(18)25/h3-12,25H,13H2,1-2H3,(H,22,24). The highest BCUT2D eigenvalue weighted by molar-refractivity contribution is 6.02. The Morgan fingerprint density at radius 3 is 2.41 bits per heavy atom. The third-order valence-corrected chi connectivity index (χ3v) is 4.12. The molecular formula is C21H20N2O4. The highest BCUT2D eigenvalue weighted by atomic mass is 16.5. The monoisotopic (exact) mass is 364 g/mol. The molecule has 0 radical (unpaired) electrons. The smallest absolute Gasteiger partial charge is 0.342 e. The molecule has 0 atom stereocenters. The van der Waals surface area contributed by atoms with Crippen LogP contribution in [0.1, 0.15) is 10.4 Å². The lowest BCUT2D eigenvalue weighted by Crippen LogP contribution is -2.21. The number of amides is 1. The number of aromatic hydroxyl groups is 1. The van der Waals surface area contributed by atoms with Crippen LogP contribution in [0.2, 0.25) is 0 Å². The number of carbonyl (C=O) groups excluding carboxylic acids is 2. The van der Waals surface area contributed by atoms with E-state index in [4.69, 9.17) is 4.74 Å². The van der Waals surface area contributed by atoms with Gasteiger partial charge in [-0.1, -0.05) is 30.3 Å². The first-order valence-electron chi connectivity index (χ1n) is 8.41. The van der Waals surface area contributed by atoms with Gasteiger partial charge in [0.15, 0.2) is 6.61 Å². The van der Waals surface area contributed by atoms with E-state index in [-0.39, 0.29) is 11.3 Å². The molecule has 0 fully saturated rings. The van der Waals surface area contributed by atoms with Gasteiger partial charge in [0.1, 0.15) is 11.3 Å². The summed E-state index contributed by atoms with van der Waals surface area (Å²) in [4.78, 5) is 26.2. The lowest BCUT2D eigenvalue weighted by atomic mass is 10.1. The summed E-state index contributed by atoms with van der Waals surface area (Å²) in [7, 11) is 3.85. The molecular weight excluding hydrogens is 344 g/mol. The summed E-state index contributed by atoms with van der Waals surface area (Å²) in [6.45, 7) is -0.444. The maximum Gasteiger partial charge on any atom is 0.342 e. The molecule has 0 aliphatic heterocycles. The van der Waals surface area contributed by atoms with Crippen LogP contribution in [0.3, 0.4) is 0 Å². The topological polar surface area (TPSA) is 78.9 Å². The first-order chi connectivity index (χ1) is 13.0. The summed E-state index contributed by atoms with van der Waals surface area (Å²) in [5.41, 5.74) is 1.64. The van der Waals surface area contributed by atoms with Gasteiger partial charge in [-0.15, -0.1) is 0 Å².